The first kappa shape index (κ1) is 29.3. The topological polar surface area (TPSA) is 83.4 Å². The molecule has 6 nitrogen and oxygen atoms in total. The van der Waals surface area contributed by atoms with Crippen LogP contribution in [0.25, 0.3) is 5.76 Å². The van der Waals surface area contributed by atoms with Gasteiger partial charge >= 0.3 is 5.91 Å². The molecular weight excluding hydrogens is 597 g/mol. The van der Waals surface area contributed by atoms with E-state index in [1.807, 2.05) is 49.4 Å². The molecule has 1 fully saturated rings. The van der Waals surface area contributed by atoms with Crippen LogP contribution in [-0.4, -0.2) is 27.0 Å². The highest BCUT2D eigenvalue weighted by Crippen LogP contribution is 2.44. The fraction of sp³-hybridized carbons (Fsp3) is 0.226. The highest BCUT2D eigenvalue weighted by Gasteiger charge is 2.48. The second-order valence-electron chi connectivity index (χ2n) is 10.8. The van der Waals surface area contributed by atoms with Crippen molar-refractivity contribution in [2.45, 2.75) is 49.2 Å². The number of amides is 1. The lowest BCUT2D eigenvalue weighted by molar-refractivity contribution is -0.132. The second-order valence-corrected chi connectivity index (χ2v) is 13.8. The number of thioether (sulfide) groups is 1. The second kappa shape index (κ2) is 11.6. The lowest BCUT2D eigenvalue weighted by Gasteiger charge is -2.24. The van der Waals surface area contributed by atoms with E-state index in [0.29, 0.717) is 31.3 Å². The molecule has 1 unspecified atom stereocenters. The van der Waals surface area contributed by atoms with E-state index in [1.54, 1.807) is 24.3 Å². The maximum Gasteiger partial charge on any atom is 0.301 e. The van der Waals surface area contributed by atoms with Crippen LogP contribution in [0.3, 0.4) is 0 Å². The third kappa shape index (κ3) is 6.06. The number of carbonyl (C=O) groups excluding carboxylic acids is 2. The number of ketones is 1. The van der Waals surface area contributed by atoms with Crippen molar-refractivity contribution in [3.8, 4) is 0 Å². The van der Waals surface area contributed by atoms with Crippen molar-refractivity contribution in [1.29, 1.82) is 0 Å². The summed E-state index contributed by atoms with van der Waals surface area (Å²) in [6, 6.07) is 19.4. The van der Waals surface area contributed by atoms with Crippen LogP contribution >= 0.6 is 46.3 Å². The summed E-state index contributed by atoms with van der Waals surface area (Å²) in [5.41, 5.74) is 4.07. The SMILES string of the molecule is Cc1ccc(/C(O)=C2/C(=O)C(=O)N(c3nnc(SCc4ccc(Cl)cc4Cl)s3)C2c2ccc(C(C)(C)C)cc2)cc1. The van der Waals surface area contributed by atoms with Crippen LogP contribution < -0.4 is 4.90 Å². The molecule has 1 aliphatic heterocycles. The van der Waals surface area contributed by atoms with Crippen LogP contribution in [0.1, 0.15) is 54.6 Å². The van der Waals surface area contributed by atoms with Gasteiger partial charge in [0.15, 0.2) is 4.34 Å². The summed E-state index contributed by atoms with van der Waals surface area (Å²) in [6.45, 7) is 8.28. The number of carbonyl (C=O) groups is 2. The van der Waals surface area contributed by atoms with E-state index >= 15 is 0 Å². The number of halogens is 2. The maximum atomic E-state index is 13.5. The highest BCUT2D eigenvalue weighted by molar-refractivity contribution is 8.00. The summed E-state index contributed by atoms with van der Waals surface area (Å²) in [5, 5.41) is 21.3. The highest BCUT2D eigenvalue weighted by atomic mass is 35.5. The molecule has 0 aliphatic carbocycles. The van der Waals surface area contributed by atoms with E-state index in [2.05, 4.69) is 31.0 Å². The van der Waals surface area contributed by atoms with Crippen LogP contribution in [0.4, 0.5) is 5.13 Å². The monoisotopic (exact) mass is 623 g/mol. The van der Waals surface area contributed by atoms with Gasteiger partial charge in [0.05, 0.1) is 11.6 Å². The average Bonchev–Trinajstić information content (AvgIpc) is 3.50. The lowest BCUT2D eigenvalue weighted by Crippen LogP contribution is -2.29. The third-order valence-corrected chi connectivity index (χ3v) is 9.52. The summed E-state index contributed by atoms with van der Waals surface area (Å²) in [5.74, 6) is -1.25. The van der Waals surface area contributed by atoms with Gasteiger partial charge in [0.25, 0.3) is 5.78 Å². The zero-order chi connectivity index (χ0) is 29.5. The molecule has 1 aromatic heterocycles. The molecule has 1 N–H and O–H groups in total. The Balaban J connectivity index is 1.54. The molecule has 0 radical (unpaired) electrons. The molecule has 1 aliphatic rings. The Morgan fingerprint density at radius 2 is 1.68 bits per heavy atom. The molecule has 5 rings (SSSR count). The number of nitrogens with zero attached hydrogens (tertiary/aromatic N) is 3. The van der Waals surface area contributed by atoms with Gasteiger partial charge in [0.1, 0.15) is 5.76 Å². The summed E-state index contributed by atoms with van der Waals surface area (Å²) >= 11 is 15.0. The zero-order valence-corrected chi connectivity index (χ0v) is 26.0. The molecule has 1 saturated heterocycles. The fourth-order valence-corrected chi connectivity index (χ4v) is 6.94. The standard InChI is InChI=1S/C31H27Cl2N3O3S2/c1-17-5-7-19(8-6-17)26(37)24-25(18-9-12-21(13-10-18)31(2,3)4)36(28(39)27(24)38)29-34-35-30(41-29)40-16-20-11-14-22(32)15-23(20)33/h5-15,25,37H,16H2,1-4H3/b26-24-. The Morgan fingerprint density at radius 1 is 1.00 bits per heavy atom. The van der Waals surface area contributed by atoms with Crippen LogP contribution in [0.15, 0.2) is 76.6 Å². The van der Waals surface area contributed by atoms with Gasteiger partial charge in [-0.1, -0.05) is 127 Å². The average molecular weight is 625 g/mol. The summed E-state index contributed by atoms with van der Waals surface area (Å²) < 4.78 is 0.605. The zero-order valence-electron chi connectivity index (χ0n) is 22.8. The van der Waals surface area contributed by atoms with Crippen LogP contribution in [0, 0.1) is 6.92 Å². The van der Waals surface area contributed by atoms with Crippen molar-refractivity contribution >= 4 is 68.9 Å². The lowest BCUT2D eigenvalue weighted by atomic mass is 9.85. The summed E-state index contributed by atoms with van der Waals surface area (Å²) in [4.78, 5) is 28.3. The number of Topliss-reactive ketones (excluding diaryl/α,β-unsaturated/α-hetero) is 1. The van der Waals surface area contributed by atoms with E-state index in [1.165, 1.54) is 28.0 Å². The molecule has 1 atom stereocenters. The number of benzene rings is 3. The molecule has 10 heteroatoms. The minimum atomic E-state index is -0.873. The van der Waals surface area contributed by atoms with Crippen molar-refractivity contribution in [3.63, 3.8) is 0 Å². The van der Waals surface area contributed by atoms with E-state index < -0.39 is 17.7 Å². The van der Waals surface area contributed by atoms with E-state index in [4.69, 9.17) is 23.2 Å². The van der Waals surface area contributed by atoms with Crippen molar-refractivity contribution in [3.05, 3.63) is 110 Å². The molecule has 0 spiro atoms. The summed E-state index contributed by atoms with van der Waals surface area (Å²) in [6.07, 6.45) is 0. The van der Waals surface area contributed by atoms with Crippen molar-refractivity contribution in [2.24, 2.45) is 0 Å². The minimum Gasteiger partial charge on any atom is -0.507 e. The Kier molecular flexibility index (Phi) is 8.30. The van der Waals surface area contributed by atoms with Crippen molar-refractivity contribution < 1.29 is 14.7 Å². The number of anilines is 1. The molecule has 3 aromatic carbocycles. The number of aromatic nitrogens is 2. The van der Waals surface area contributed by atoms with Crippen molar-refractivity contribution in [2.75, 3.05) is 4.90 Å². The number of aryl methyl sites for hydroxylation is 1. The maximum absolute atomic E-state index is 13.5. The molecular formula is C31H27Cl2N3O3S2. The fourth-order valence-electron chi connectivity index (χ4n) is 4.51. The largest absolute Gasteiger partial charge is 0.507 e. The minimum absolute atomic E-state index is 0.0136. The molecule has 4 aromatic rings. The normalized spacial score (nSPS) is 16.9. The molecule has 210 valence electrons. The van der Waals surface area contributed by atoms with Crippen LogP contribution in [-0.2, 0) is 20.8 Å². The quantitative estimate of drug-likeness (QED) is 0.0763. The predicted octanol–water partition coefficient (Wildman–Crippen LogP) is 8.37. The third-order valence-electron chi connectivity index (χ3n) is 6.83. The van der Waals surface area contributed by atoms with Gasteiger partial charge in [-0.25, -0.2) is 0 Å². The van der Waals surface area contributed by atoms with E-state index in [9.17, 15) is 14.7 Å². The molecule has 1 amide bonds. The Morgan fingerprint density at radius 3 is 2.32 bits per heavy atom. The van der Waals surface area contributed by atoms with E-state index in [0.717, 1.165) is 16.7 Å². The smallest absolute Gasteiger partial charge is 0.301 e. The predicted molar refractivity (Wildman–Crippen MR) is 167 cm³/mol. The number of aliphatic hydroxyl groups is 1. The number of rotatable bonds is 6. The Hall–Kier alpha value is -3.17. The first-order valence-corrected chi connectivity index (χ1v) is 15.4. The van der Waals surface area contributed by atoms with Gasteiger partial charge < -0.3 is 5.11 Å². The molecule has 41 heavy (non-hydrogen) atoms. The Bertz CT molecular complexity index is 1660. The number of aliphatic hydroxyl groups excluding tert-OH is 1. The van der Waals surface area contributed by atoms with Gasteiger partial charge in [-0.3, -0.25) is 14.5 Å². The van der Waals surface area contributed by atoms with Crippen LogP contribution in [0.2, 0.25) is 10.0 Å². The van der Waals surface area contributed by atoms with Crippen molar-refractivity contribution in [1.82, 2.24) is 10.2 Å². The molecule has 2 heterocycles. The number of hydrogen-bond donors (Lipinski definition) is 1. The van der Waals surface area contributed by atoms with Gasteiger partial charge in [-0.15, -0.1) is 10.2 Å². The van der Waals surface area contributed by atoms with Crippen LogP contribution in [0.5, 0.6) is 0 Å². The Labute approximate surface area is 257 Å². The van der Waals surface area contributed by atoms with Gasteiger partial charge in [0, 0.05) is 21.4 Å². The van der Waals surface area contributed by atoms with E-state index in [-0.39, 0.29) is 21.9 Å². The molecule has 0 bridgehead atoms. The first-order valence-electron chi connectivity index (χ1n) is 12.8. The first-order chi connectivity index (χ1) is 19.4. The summed E-state index contributed by atoms with van der Waals surface area (Å²) in [7, 11) is 0. The molecule has 0 saturated carbocycles. The van der Waals surface area contributed by atoms with Gasteiger partial charge in [-0.05, 0) is 41.2 Å². The van der Waals surface area contributed by atoms with Gasteiger partial charge in [-0.2, -0.15) is 0 Å². The van der Waals surface area contributed by atoms with Gasteiger partial charge in [0.2, 0.25) is 5.13 Å². The number of hydrogen-bond acceptors (Lipinski definition) is 7.